The predicted octanol–water partition coefficient (Wildman–Crippen LogP) is 1.69. The van der Waals surface area contributed by atoms with Crippen LogP contribution in [0.25, 0.3) is 0 Å². The minimum absolute atomic E-state index is 0.0911. The van der Waals surface area contributed by atoms with E-state index >= 15 is 0 Å². The molecule has 1 N–H and O–H groups in total. The molecule has 0 aliphatic rings. The van der Waals surface area contributed by atoms with Crippen LogP contribution in [0.3, 0.4) is 0 Å². The number of aryl methyl sites for hydroxylation is 2. The summed E-state index contributed by atoms with van der Waals surface area (Å²) in [6.45, 7) is 2.16. The Bertz CT molecular complexity index is 472. The topological polar surface area (TPSA) is 42.7 Å². The van der Waals surface area contributed by atoms with Crippen LogP contribution >= 0.6 is 0 Å². The van der Waals surface area contributed by atoms with Crippen molar-refractivity contribution in [2.45, 2.75) is 19.4 Å². The Hall–Kier alpha value is -1.68. The first kappa shape index (κ1) is 11.8. The van der Waals surface area contributed by atoms with Crippen LogP contribution in [0.5, 0.6) is 0 Å². The van der Waals surface area contributed by atoms with E-state index in [2.05, 4.69) is 46.6 Å². The number of nitrogens with zero attached hydrogens (tertiary/aromatic N) is 3. The maximum atomic E-state index is 4.30. The third-order valence-electron chi connectivity index (χ3n) is 3.01. The van der Waals surface area contributed by atoms with E-state index in [0.717, 1.165) is 12.2 Å². The molecule has 4 heteroatoms. The molecule has 0 bridgehead atoms. The summed E-state index contributed by atoms with van der Waals surface area (Å²) < 4.78 is 1.80. The molecule has 1 heterocycles. The molecule has 1 unspecified atom stereocenters. The molecule has 0 saturated carbocycles. The lowest BCUT2D eigenvalue weighted by Gasteiger charge is -2.15. The fraction of sp³-hybridized carbons (Fsp3) is 0.385. The first-order valence-electron chi connectivity index (χ1n) is 5.86. The van der Waals surface area contributed by atoms with Crippen molar-refractivity contribution in [3.05, 3.63) is 47.5 Å². The summed E-state index contributed by atoms with van der Waals surface area (Å²) in [6.07, 6.45) is 2.65. The van der Waals surface area contributed by atoms with E-state index in [1.807, 2.05) is 14.1 Å². The number of nitrogens with one attached hydrogen (secondary N) is 1. The van der Waals surface area contributed by atoms with Gasteiger partial charge < -0.3 is 5.32 Å². The summed E-state index contributed by atoms with van der Waals surface area (Å²) in [4.78, 5) is 4.30. The van der Waals surface area contributed by atoms with Gasteiger partial charge in [0.25, 0.3) is 0 Å². The van der Waals surface area contributed by atoms with Crippen molar-refractivity contribution in [3.8, 4) is 0 Å². The van der Waals surface area contributed by atoms with Crippen molar-refractivity contribution in [1.29, 1.82) is 0 Å². The Morgan fingerprint density at radius 1 is 1.29 bits per heavy atom. The van der Waals surface area contributed by atoms with Gasteiger partial charge in [-0.05, 0) is 24.6 Å². The Morgan fingerprint density at radius 2 is 2.00 bits per heavy atom. The second kappa shape index (κ2) is 5.10. The summed E-state index contributed by atoms with van der Waals surface area (Å²) in [5, 5.41) is 7.39. The molecule has 0 saturated heterocycles. The summed E-state index contributed by atoms with van der Waals surface area (Å²) in [5.41, 5.74) is 2.56. The molecule has 4 nitrogen and oxygen atoms in total. The van der Waals surface area contributed by atoms with Crippen LogP contribution in [-0.2, 0) is 13.5 Å². The molecule has 0 aliphatic heterocycles. The van der Waals surface area contributed by atoms with Crippen molar-refractivity contribution >= 4 is 0 Å². The molecule has 0 aliphatic carbocycles. The van der Waals surface area contributed by atoms with Crippen LogP contribution in [0, 0.1) is 0 Å². The van der Waals surface area contributed by atoms with Crippen LogP contribution < -0.4 is 5.32 Å². The second-order valence-electron chi connectivity index (χ2n) is 4.06. The molecule has 1 aromatic carbocycles. The third-order valence-corrected chi connectivity index (χ3v) is 3.01. The Kier molecular flexibility index (Phi) is 3.54. The maximum Gasteiger partial charge on any atom is 0.148 e. The van der Waals surface area contributed by atoms with Gasteiger partial charge in [-0.3, -0.25) is 4.68 Å². The fourth-order valence-electron chi connectivity index (χ4n) is 1.96. The molecule has 0 amide bonds. The highest BCUT2D eigenvalue weighted by molar-refractivity contribution is 5.28. The highest BCUT2D eigenvalue weighted by Gasteiger charge is 2.16. The third kappa shape index (κ3) is 2.36. The summed E-state index contributed by atoms with van der Waals surface area (Å²) in [7, 11) is 3.85. The number of aromatic nitrogens is 3. The van der Waals surface area contributed by atoms with E-state index in [-0.39, 0.29) is 6.04 Å². The molecule has 0 radical (unpaired) electrons. The number of rotatable bonds is 4. The van der Waals surface area contributed by atoms with Gasteiger partial charge in [0.15, 0.2) is 0 Å². The zero-order valence-corrected chi connectivity index (χ0v) is 10.5. The van der Waals surface area contributed by atoms with Crippen LogP contribution in [0.2, 0.25) is 0 Å². The predicted molar refractivity (Wildman–Crippen MR) is 67.7 cm³/mol. The molecule has 1 atom stereocenters. The van der Waals surface area contributed by atoms with Gasteiger partial charge in [-0.15, -0.1) is 0 Å². The van der Waals surface area contributed by atoms with Gasteiger partial charge >= 0.3 is 0 Å². The van der Waals surface area contributed by atoms with E-state index in [0.29, 0.717) is 0 Å². The normalized spacial score (nSPS) is 12.6. The van der Waals surface area contributed by atoms with Gasteiger partial charge in [0, 0.05) is 7.05 Å². The van der Waals surface area contributed by atoms with Crippen molar-refractivity contribution < 1.29 is 0 Å². The Labute approximate surface area is 102 Å². The lowest BCUT2D eigenvalue weighted by Crippen LogP contribution is -2.21. The Morgan fingerprint density at radius 3 is 2.47 bits per heavy atom. The van der Waals surface area contributed by atoms with Gasteiger partial charge in [-0.1, -0.05) is 31.2 Å². The second-order valence-corrected chi connectivity index (χ2v) is 4.06. The number of hydrogen-bond donors (Lipinski definition) is 1. The van der Waals surface area contributed by atoms with E-state index < -0.39 is 0 Å². The molecule has 2 rings (SSSR count). The molecule has 2 aromatic rings. The fourth-order valence-corrected chi connectivity index (χ4v) is 1.96. The quantitative estimate of drug-likeness (QED) is 0.869. The average Bonchev–Trinajstić information content (AvgIpc) is 2.78. The van der Waals surface area contributed by atoms with E-state index in [9.17, 15) is 0 Å². The van der Waals surface area contributed by atoms with Crippen molar-refractivity contribution in [1.82, 2.24) is 20.1 Å². The van der Waals surface area contributed by atoms with Gasteiger partial charge in [0.05, 0.1) is 6.04 Å². The molecule has 1 aromatic heterocycles. The van der Waals surface area contributed by atoms with Crippen molar-refractivity contribution in [3.63, 3.8) is 0 Å². The zero-order valence-electron chi connectivity index (χ0n) is 10.5. The minimum Gasteiger partial charge on any atom is -0.307 e. The average molecular weight is 230 g/mol. The molecule has 17 heavy (non-hydrogen) atoms. The zero-order chi connectivity index (χ0) is 12.3. The summed E-state index contributed by atoms with van der Waals surface area (Å²) in [6, 6.07) is 8.71. The minimum atomic E-state index is 0.0911. The number of hydrogen-bond acceptors (Lipinski definition) is 3. The monoisotopic (exact) mass is 230 g/mol. The van der Waals surface area contributed by atoms with Gasteiger partial charge in [0.1, 0.15) is 12.2 Å². The van der Waals surface area contributed by atoms with Crippen LogP contribution in [0.4, 0.5) is 0 Å². The maximum absolute atomic E-state index is 4.30. The lowest BCUT2D eigenvalue weighted by atomic mass is 10.0. The summed E-state index contributed by atoms with van der Waals surface area (Å²) in [5.74, 6) is 0.928. The van der Waals surface area contributed by atoms with Crippen LogP contribution in [0.1, 0.15) is 29.9 Å². The van der Waals surface area contributed by atoms with Crippen LogP contribution in [-0.4, -0.2) is 21.8 Å². The van der Waals surface area contributed by atoms with Crippen molar-refractivity contribution in [2.24, 2.45) is 7.05 Å². The molecule has 90 valence electrons. The van der Waals surface area contributed by atoms with E-state index in [1.165, 1.54) is 11.1 Å². The molecule has 0 fully saturated rings. The Balaban J connectivity index is 2.32. The summed E-state index contributed by atoms with van der Waals surface area (Å²) >= 11 is 0. The van der Waals surface area contributed by atoms with E-state index in [1.54, 1.807) is 11.0 Å². The standard InChI is InChI=1S/C13H18N4/c1-4-10-5-7-11(8-6-10)12(14-2)13-15-9-16-17(13)3/h5-9,12,14H,4H2,1-3H3. The first-order chi connectivity index (χ1) is 8.26. The van der Waals surface area contributed by atoms with Crippen molar-refractivity contribution in [2.75, 3.05) is 7.05 Å². The number of benzene rings is 1. The van der Waals surface area contributed by atoms with Gasteiger partial charge in [-0.2, -0.15) is 5.10 Å². The smallest absolute Gasteiger partial charge is 0.148 e. The largest absolute Gasteiger partial charge is 0.307 e. The first-order valence-corrected chi connectivity index (χ1v) is 5.86. The van der Waals surface area contributed by atoms with Gasteiger partial charge in [-0.25, -0.2) is 4.98 Å². The highest BCUT2D eigenvalue weighted by atomic mass is 15.3. The SMILES string of the molecule is CCc1ccc(C(NC)c2ncnn2C)cc1. The molecular weight excluding hydrogens is 212 g/mol. The van der Waals surface area contributed by atoms with E-state index in [4.69, 9.17) is 0 Å². The molecular formula is C13H18N4. The highest BCUT2D eigenvalue weighted by Crippen LogP contribution is 2.19. The van der Waals surface area contributed by atoms with Crippen LogP contribution in [0.15, 0.2) is 30.6 Å². The van der Waals surface area contributed by atoms with Gasteiger partial charge in [0.2, 0.25) is 0 Å². The lowest BCUT2D eigenvalue weighted by molar-refractivity contribution is 0.591. The molecule has 0 spiro atoms.